The van der Waals surface area contributed by atoms with Gasteiger partial charge in [-0.3, -0.25) is 14.8 Å². The molecule has 49 heavy (non-hydrogen) atoms. The highest BCUT2D eigenvalue weighted by Gasteiger charge is 2.04. The Bertz CT molecular complexity index is 1080. The second kappa shape index (κ2) is 39.4. The number of unbranched alkanes of at least 4 members (excludes halogenated alkanes) is 1. The highest BCUT2D eigenvalue weighted by molar-refractivity contribution is 5.97. The van der Waals surface area contributed by atoms with E-state index >= 15 is 0 Å². The molecule has 1 aromatic rings. The number of phenols is 1. The minimum Gasteiger partial charge on any atom is -0.508 e. The zero-order chi connectivity index (χ0) is 38.5. The number of aryl methyl sites for hydroxylation is 1. The minimum atomic E-state index is 0.0513. The summed E-state index contributed by atoms with van der Waals surface area (Å²) >= 11 is 0. The number of benzene rings is 1. The number of nitrogens with zero attached hydrogens (tertiary/aromatic N) is 2. The molecular formula is C44H78N2O3. The van der Waals surface area contributed by atoms with Gasteiger partial charge in [-0.05, 0) is 108 Å². The van der Waals surface area contributed by atoms with Gasteiger partial charge in [-0.1, -0.05) is 125 Å². The molecule has 0 aliphatic heterocycles. The van der Waals surface area contributed by atoms with Crippen LogP contribution in [-0.4, -0.2) is 36.0 Å². The predicted molar refractivity (Wildman–Crippen MR) is 223 cm³/mol. The maximum atomic E-state index is 11.1. The van der Waals surface area contributed by atoms with Crippen LogP contribution < -0.4 is 0 Å². The van der Waals surface area contributed by atoms with Gasteiger partial charge in [0.25, 0.3) is 0 Å². The van der Waals surface area contributed by atoms with Gasteiger partial charge >= 0.3 is 0 Å². The first kappa shape index (κ1) is 52.8. The number of ether oxygens (including phenoxy) is 1. The number of Topliss-reactive ketones (excluding diaryl/α,β-unsaturated/α-hetero) is 1. The first-order valence-corrected chi connectivity index (χ1v) is 19.0. The number of allylic oxidation sites excluding steroid dienone is 4. The predicted octanol–water partition coefficient (Wildman–Crippen LogP) is 13.9. The maximum absolute atomic E-state index is 11.1. The van der Waals surface area contributed by atoms with Crippen LogP contribution in [0.15, 0.2) is 63.9 Å². The molecular weight excluding hydrogens is 604 g/mol. The Morgan fingerprint density at radius 3 is 1.67 bits per heavy atom. The number of aliphatic imine (C=N–C) groups is 2. The lowest BCUT2D eigenvalue weighted by atomic mass is 10.0. The van der Waals surface area contributed by atoms with E-state index in [0.717, 1.165) is 66.3 Å². The number of carbonyl (C=O) groups is 1. The van der Waals surface area contributed by atoms with Crippen LogP contribution >= 0.6 is 0 Å². The van der Waals surface area contributed by atoms with E-state index in [1.165, 1.54) is 58.3 Å². The van der Waals surface area contributed by atoms with Gasteiger partial charge in [-0.2, -0.15) is 0 Å². The Hall–Kier alpha value is -3.05. The SMILES string of the molecule is C1CCCCC1.C=C/C=C(N=C(C)C)/C(=C/C)N=CCC.CC.CC(=O)/C(C)=C/c1cc(C)cc(O)c1C.CCCC.CCCOCCC. The van der Waals surface area contributed by atoms with Crippen LogP contribution in [0.1, 0.15) is 170 Å². The Morgan fingerprint density at radius 2 is 1.33 bits per heavy atom. The first-order chi connectivity index (χ1) is 23.4. The maximum Gasteiger partial charge on any atom is 0.155 e. The van der Waals surface area contributed by atoms with E-state index in [2.05, 4.69) is 51.2 Å². The molecule has 0 heterocycles. The summed E-state index contributed by atoms with van der Waals surface area (Å²) in [5.74, 6) is 0.327. The van der Waals surface area contributed by atoms with Crippen LogP contribution in [-0.2, 0) is 9.53 Å². The minimum absolute atomic E-state index is 0.0513. The molecule has 1 aliphatic rings. The molecule has 0 aromatic heterocycles. The molecule has 1 N–H and O–H groups in total. The molecule has 1 aromatic carbocycles. The fraction of sp³-hybridized carbons (Fsp3) is 0.614. The van der Waals surface area contributed by atoms with Crippen LogP contribution in [0.25, 0.3) is 6.08 Å². The molecule has 0 saturated heterocycles. The van der Waals surface area contributed by atoms with Crippen molar-refractivity contribution in [1.82, 2.24) is 0 Å². The van der Waals surface area contributed by atoms with Crippen molar-refractivity contribution in [1.29, 1.82) is 0 Å². The fourth-order valence-electron chi connectivity index (χ4n) is 3.81. The Labute approximate surface area is 304 Å². The van der Waals surface area contributed by atoms with Crippen molar-refractivity contribution in [3.05, 3.63) is 70.6 Å². The summed E-state index contributed by atoms with van der Waals surface area (Å²) < 4.78 is 5.13. The average Bonchev–Trinajstić information content (AvgIpc) is 3.10. The second-order valence-corrected chi connectivity index (χ2v) is 11.9. The number of hydrogen-bond acceptors (Lipinski definition) is 5. The topological polar surface area (TPSA) is 71.2 Å². The third-order valence-corrected chi connectivity index (χ3v) is 6.76. The largest absolute Gasteiger partial charge is 0.508 e. The van der Waals surface area contributed by atoms with Crippen LogP contribution in [0, 0.1) is 13.8 Å². The van der Waals surface area contributed by atoms with Gasteiger partial charge in [0, 0.05) is 25.1 Å². The first-order valence-electron chi connectivity index (χ1n) is 19.0. The summed E-state index contributed by atoms with van der Waals surface area (Å²) in [5.41, 5.74) is 6.15. The van der Waals surface area contributed by atoms with Crippen LogP contribution in [0.4, 0.5) is 0 Å². The van der Waals surface area contributed by atoms with Crippen molar-refractivity contribution in [3.63, 3.8) is 0 Å². The summed E-state index contributed by atoms with van der Waals surface area (Å²) in [6.07, 6.45) is 24.1. The quantitative estimate of drug-likeness (QED) is 0.103. The second-order valence-electron chi connectivity index (χ2n) is 11.9. The summed E-state index contributed by atoms with van der Waals surface area (Å²) in [6, 6.07) is 3.68. The zero-order valence-electron chi connectivity index (χ0n) is 34.6. The molecule has 0 radical (unpaired) electrons. The zero-order valence-corrected chi connectivity index (χ0v) is 34.6. The van der Waals surface area contributed by atoms with E-state index in [1.807, 2.05) is 79.0 Å². The molecule has 5 nitrogen and oxygen atoms in total. The Morgan fingerprint density at radius 1 is 0.837 bits per heavy atom. The highest BCUT2D eigenvalue weighted by Crippen LogP contribution is 2.24. The van der Waals surface area contributed by atoms with Crippen molar-refractivity contribution in [2.45, 2.75) is 168 Å². The molecule has 0 unspecified atom stereocenters. The Balaban J connectivity index is -0.000000275. The molecule has 1 fully saturated rings. The fourth-order valence-corrected chi connectivity index (χ4v) is 3.81. The summed E-state index contributed by atoms with van der Waals surface area (Å²) in [6.45, 7) is 33.2. The lowest BCUT2D eigenvalue weighted by Crippen LogP contribution is -1.92. The van der Waals surface area contributed by atoms with Crippen LogP contribution in [0.3, 0.4) is 0 Å². The van der Waals surface area contributed by atoms with Gasteiger partial charge in [-0.15, -0.1) is 0 Å². The Kier molecular flexibility index (Phi) is 42.4. The normalized spacial score (nSPS) is 12.6. The lowest BCUT2D eigenvalue weighted by Gasteiger charge is -2.06. The molecule has 1 aliphatic carbocycles. The molecule has 0 atom stereocenters. The summed E-state index contributed by atoms with van der Waals surface area (Å²) in [5, 5.41) is 9.62. The van der Waals surface area contributed by atoms with Crippen molar-refractivity contribution in [2.24, 2.45) is 9.98 Å². The van der Waals surface area contributed by atoms with Crippen molar-refractivity contribution >= 4 is 23.8 Å². The molecule has 1 saturated carbocycles. The van der Waals surface area contributed by atoms with E-state index < -0.39 is 0 Å². The molecule has 0 bridgehead atoms. The monoisotopic (exact) mass is 683 g/mol. The third kappa shape index (κ3) is 34.6. The number of carbonyl (C=O) groups excluding carboxylic acids is 1. The van der Waals surface area contributed by atoms with Crippen molar-refractivity contribution in [3.8, 4) is 5.75 Å². The third-order valence-electron chi connectivity index (χ3n) is 6.76. The molecule has 5 heteroatoms. The van der Waals surface area contributed by atoms with Gasteiger partial charge in [0.15, 0.2) is 5.78 Å². The van der Waals surface area contributed by atoms with Gasteiger partial charge in [-0.25, -0.2) is 0 Å². The standard InChI is InChI=1S/C13H20N2.C13H16O2.C6H14O.C6H12.C4H10.C2H6/c1-6-9-13(15-11(4)5)12(8-3)14-10-7-2;1-8-5-12(7-9(2)11(4)14)10(3)13(15)6-8;1-3-5-7-6-4-2;1-2-4-6-5-3-1;1-3-4-2;1-2/h6,8-10H,1,7H2,2-5H3;5-7,15H,1-4H3;3-6H2,1-2H3;1-6H2;3-4H2,1-2H3;1-2H3/b12-8-,13-9-,14-10?;9-7+;;;;. The molecule has 282 valence electrons. The molecule has 0 amide bonds. The number of hydrogen-bond donors (Lipinski definition) is 1. The van der Waals surface area contributed by atoms with E-state index in [0.29, 0.717) is 5.57 Å². The highest BCUT2D eigenvalue weighted by atomic mass is 16.5. The molecule has 2 rings (SSSR count). The van der Waals surface area contributed by atoms with Crippen LogP contribution in [0.2, 0.25) is 0 Å². The van der Waals surface area contributed by atoms with Crippen molar-refractivity contribution < 1.29 is 14.6 Å². The van der Waals surface area contributed by atoms with E-state index in [4.69, 9.17) is 4.74 Å². The van der Waals surface area contributed by atoms with Gasteiger partial charge < -0.3 is 9.84 Å². The smallest absolute Gasteiger partial charge is 0.155 e. The van der Waals surface area contributed by atoms with Gasteiger partial charge in [0.05, 0.1) is 11.4 Å². The van der Waals surface area contributed by atoms with E-state index in [1.54, 1.807) is 19.1 Å². The number of ketones is 1. The number of phenolic OH excluding ortho intramolecular Hbond substituents is 1. The average molecular weight is 683 g/mol. The summed E-state index contributed by atoms with van der Waals surface area (Å²) in [4.78, 5) is 19.9. The number of aromatic hydroxyl groups is 1. The van der Waals surface area contributed by atoms with Gasteiger partial charge in [0.2, 0.25) is 0 Å². The van der Waals surface area contributed by atoms with E-state index in [9.17, 15) is 9.90 Å². The van der Waals surface area contributed by atoms with Gasteiger partial charge in [0.1, 0.15) is 5.75 Å². The molecule has 0 spiro atoms. The lowest BCUT2D eigenvalue weighted by molar-refractivity contribution is -0.113. The van der Waals surface area contributed by atoms with Crippen LogP contribution in [0.5, 0.6) is 5.75 Å². The number of rotatable bonds is 12. The van der Waals surface area contributed by atoms with Crippen molar-refractivity contribution in [2.75, 3.05) is 13.2 Å². The summed E-state index contributed by atoms with van der Waals surface area (Å²) in [7, 11) is 0. The van der Waals surface area contributed by atoms with E-state index in [-0.39, 0.29) is 11.5 Å².